The largest absolute Gasteiger partial charge is 0.484 e. The van der Waals surface area contributed by atoms with Gasteiger partial charge in [-0.3, -0.25) is 14.4 Å². The summed E-state index contributed by atoms with van der Waals surface area (Å²) in [6.07, 6.45) is -0.938. The van der Waals surface area contributed by atoms with Crippen LogP contribution in [0.25, 0.3) is 0 Å². The van der Waals surface area contributed by atoms with Gasteiger partial charge in [0.2, 0.25) is 11.8 Å². The van der Waals surface area contributed by atoms with Crippen LogP contribution in [0.2, 0.25) is 0 Å². The maximum atomic E-state index is 13.7. The second-order valence-corrected chi connectivity index (χ2v) is 13.5. The molecule has 13 heteroatoms. The van der Waals surface area contributed by atoms with Gasteiger partial charge >= 0.3 is 5.97 Å². The van der Waals surface area contributed by atoms with Crippen LogP contribution in [0.1, 0.15) is 48.7 Å². The molecule has 0 aromatic heterocycles. The number of halogens is 2. The Morgan fingerprint density at radius 1 is 0.843 bits per heavy atom. The van der Waals surface area contributed by atoms with Crippen LogP contribution in [0.3, 0.4) is 0 Å². The van der Waals surface area contributed by atoms with Crippen LogP contribution in [-0.2, 0) is 19.2 Å². The number of β-lactam (4-membered cyclic amide) rings is 1. The van der Waals surface area contributed by atoms with Crippen LogP contribution in [0, 0.1) is 17.6 Å². The number of carbonyl (C=O) groups is 4. The zero-order valence-corrected chi connectivity index (χ0v) is 28.6. The molecule has 4 aromatic rings. The van der Waals surface area contributed by atoms with Crippen molar-refractivity contribution in [1.82, 2.24) is 10.6 Å². The molecule has 1 aliphatic heterocycles. The highest BCUT2D eigenvalue weighted by molar-refractivity contribution is 8.00. The number of carbonyl (C=O) groups excluding carboxylic acids is 3. The zero-order valence-electron chi connectivity index (χ0n) is 27.7. The van der Waals surface area contributed by atoms with Gasteiger partial charge < -0.3 is 30.5 Å². The molecule has 4 N–H and O–H groups in total. The molecule has 10 nitrogen and oxygen atoms in total. The van der Waals surface area contributed by atoms with Crippen LogP contribution < -0.4 is 20.3 Å². The predicted molar refractivity (Wildman–Crippen MR) is 188 cm³/mol. The maximum absolute atomic E-state index is 13.7. The number of benzene rings is 4. The first-order valence-electron chi connectivity index (χ1n) is 16.2. The van der Waals surface area contributed by atoms with Crippen LogP contribution in [0.4, 0.5) is 14.5 Å². The summed E-state index contributed by atoms with van der Waals surface area (Å²) in [4.78, 5) is 52.8. The number of hydrogen-bond acceptors (Lipinski definition) is 7. The Balaban J connectivity index is 1.26. The standard InChI is InChI=1S/C38H37F2N3O7S/c1-22(2)32(38(48)49)42-36(46)33(24-6-4-3-5-7-24)41-31(45)20-50-29-18-10-25(11-19-29)34-35(37(47)43(34)28-16-14-27(40)15-17-28)51-21-30(44)23-8-12-26(39)13-9-23/h3-19,22,30,32-35,44H,20-21H2,1-2H3,(H,41,45)(H,42,46)(H,48,49)/t30?,32-,33-,34-,35-/m1/s1. The Morgan fingerprint density at radius 3 is 2.04 bits per heavy atom. The number of aliphatic hydroxyl groups excluding tert-OH is 1. The van der Waals surface area contributed by atoms with Crippen molar-refractivity contribution in [3.63, 3.8) is 0 Å². The van der Waals surface area contributed by atoms with Gasteiger partial charge in [0.1, 0.15) is 34.7 Å². The second-order valence-electron chi connectivity index (χ2n) is 12.3. The molecular weight excluding hydrogens is 680 g/mol. The van der Waals surface area contributed by atoms with Crippen LogP contribution >= 0.6 is 11.8 Å². The van der Waals surface area contributed by atoms with Crippen molar-refractivity contribution in [2.24, 2.45) is 5.92 Å². The van der Waals surface area contributed by atoms with E-state index in [-0.39, 0.29) is 11.7 Å². The molecular formula is C38H37F2N3O7S. The third-order valence-corrected chi connectivity index (χ3v) is 9.69. The van der Waals surface area contributed by atoms with Crippen molar-refractivity contribution in [1.29, 1.82) is 0 Å². The lowest BCUT2D eigenvalue weighted by Gasteiger charge is -2.47. The lowest BCUT2D eigenvalue weighted by atomic mass is 9.92. The van der Waals surface area contributed by atoms with Crippen LogP contribution in [0.15, 0.2) is 103 Å². The average Bonchev–Trinajstić information content (AvgIpc) is 3.12. The van der Waals surface area contributed by atoms with Gasteiger partial charge in [0.05, 0.1) is 12.1 Å². The number of anilines is 1. The fourth-order valence-electron chi connectivity index (χ4n) is 5.62. The molecule has 0 bridgehead atoms. The summed E-state index contributed by atoms with van der Waals surface area (Å²) in [5, 5.41) is 24.8. The predicted octanol–water partition coefficient (Wildman–Crippen LogP) is 5.35. The molecule has 51 heavy (non-hydrogen) atoms. The van der Waals surface area contributed by atoms with Crippen molar-refractivity contribution in [2.45, 2.75) is 43.3 Å². The van der Waals surface area contributed by atoms with Gasteiger partial charge in [0.15, 0.2) is 6.61 Å². The third-order valence-electron chi connectivity index (χ3n) is 8.36. The number of nitrogens with one attached hydrogen (secondary N) is 2. The van der Waals surface area contributed by atoms with Crippen molar-refractivity contribution in [3.05, 3.63) is 131 Å². The molecule has 0 aliphatic carbocycles. The van der Waals surface area contributed by atoms with Crippen molar-refractivity contribution in [2.75, 3.05) is 17.3 Å². The summed E-state index contributed by atoms with van der Waals surface area (Å²) < 4.78 is 32.8. The Kier molecular flexibility index (Phi) is 12.1. The average molecular weight is 718 g/mol. The first kappa shape index (κ1) is 37.0. The van der Waals surface area contributed by atoms with Crippen molar-refractivity contribution in [3.8, 4) is 5.75 Å². The van der Waals surface area contributed by atoms with E-state index in [0.29, 0.717) is 22.6 Å². The molecule has 5 atom stereocenters. The Bertz CT molecular complexity index is 1830. The van der Waals surface area contributed by atoms with E-state index in [9.17, 15) is 38.2 Å². The van der Waals surface area contributed by atoms with Gasteiger partial charge in [-0.25, -0.2) is 13.6 Å². The van der Waals surface area contributed by atoms with Crippen molar-refractivity contribution >= 4 is 41.1 Å². The number of carboxylic acids is 1. The zero-order chi connectivity index (χ0) is 36.7. The molecule has 0 saturated carbocycles. The van der Waals surface area contributed by atoms with Crippen LogP contribution in [-0.4, -0.2) is 57.6 Å². The van der Waals surface area contributed by atoms with E-state index < -0.39 is 71.4 Å². The first-order valence-corrected chi connectivity index (χ1v) is 17.2. The smallest absolute Gasteiger partial charge is 0.326 e. The molecule has 1 heterocycles. The minimum Gasteiger partial charge on any atom is -0.484 e. The number of hydrogen-bond donors (Lipinski definition) is 4. The summed E-state index contributed by atoms with van der Waals surface area (Å²) in [6.45, 7) is 2.87. The van der Waals surface area contributed by atoms with Gasteiger partial charge in [-0.15, -0.1) is 11.8 Å². The van der Waals surface area contributed by atoms with E-state index in [1.807, 2.05) is 0 Å². The second kappa shape index (κ2) is 16.6. The lowest BCUT2D eigenvalue weighted by molar-refractivity contribution is -0.143. The highest BCUT2D eigenvalue weighted by Gasteiger charge is 2.49. The number of rotatable bonds is 15. The van der Waals surface area contributed by atoms with Gasteiger partial charge in [-0.05, 0) is 71.1 Å². The maximum Gasteiger partial charge on any atom is 0.326 e. The van der Waals surface area contributed by atoms with E-state index >= 15 is 0 Å². The number of thioether (sulfide) groups is 1. The molecule has 1 aliphatic rings. The fraction of sp³-hybridized carbons (Fsp3) is 0.263. The van der Waals surface area contributed by atoms with Gasteiger partial charge in [0.25, 0.3) is 5.91 Å². The molecule has 266 valence electrons. The van der Waals surface area contributed by atoms with Crippen LogP contribution in [0.5, 0.6) is 5.75 Å². The van der Waals surface area contributed by atoms with E-state index in [2.05, 4.69) is 10.6 Å². The summed E-state index contributed by atoms with van der Waals surface area (Å²) in [6, 6.07) is 23.4. The Labute approximate surface area is 297 Å². The number of carboxylic acid groups (broad SMARTS) is 1. The lowest BCUT2D eigenvalue weighted by Crippen LogP contribution is -2.57. The highest BCUT2D eigenvalue weighted by atomic mass is 32.2. The highest BCUT2D eigenvalue weighted by Crippen LogP contribution is 2.46. The topological polar surface area (TPSA) is 145 Å². The molecule has 1 fully saturated rings. The monoisotopic (exact) mass is 717 g/mol. The summed E-state index contributed by atoms with van der Waals surface area (Å²) in [5.41, 5.74) is 2.20. The molecule has 1 saturated heterocycles. The molecule has 0 spiro atoms. The Morgan fingerprint density at radius 2 is 1.45 bits per heavy atom. The molecule has 1 unspecified atom stereocenters. The SMILES string of the molecule is CC(C)[C@@H](NC(=O)[C@H](NC(=O)COc1ccc([C@@H]2[C@@H](SCC(O)c3ccc(F)cc3)C(=O)N2c2ccc(F)cc2)cc1)c1ccccc1)C(=O)O. The normalized spacial score (nSPS) is 17.2. The van der Waals surface area contributed by atoms with E-state index in [1.165, 1.54) is 60.3 Å². The fourth-order valence-corrected chi connectivity index (χ4v) is 6.92. The minimum absolute atomic E-state index is 0.169. The molecule has 0 radical (unpaired) electrons. The quantitative estimate of drug-likeness (QED) is 0.121. The first-order chi connectivity index (χ1) is 24.4. The number of amides is 3. The van der Waals surface area contributed by atoms with Gasteiger partial charge in [-0.1, -0.05) is 68.4 Å². The Hall–Kier alpha value is -5.27. The van der Waals surface area contributed by atoms with E-state index in [1.54, 1.807) is 73.3 Å². The summed E-state index contributed by atoms with van der Waals surface area (Å²) >= 11 is 1.26. The van der Waals surface area contributed by atoms with Gasteiger partial charge in [-0.2, -0.15) is 0 Å². The van der Waals surface area contributed by atoms with Gasteiger partial charge in [0, 0.05) is 11.4 Å². The third kappa shape index (κ3) is 9.10. The van der Waals surface area contributed by atoms with E-state index in [4.69, 9.17) is 4.74 Å². The number of ether oxygens (including phenoxy) is 1. The number of aliphatic hydroxyl groups is 1. The summed E-state index contributed by atoms with van der Waals surface area (Å²) in [7, 11) is 0. The molecule has 5 rings (SSSR count). The molecule has 3 amide bonds. The van der Waals surface area contributed by atoms with E-state index in [0.717, 1.165) is 5.56 Å². The number of aliphatic carboxylic acids is 1. The minimum atomic E-state index is -1.19. The number of nitrogens with zero attached hydrogens (tertiary/aromatic N) is 1. The van der Waals surface area contributed by atoms with Crippen molar-refractivity contribution < 1.29 is 42.9 Å². The summed E-state index contributed by atoms with van der Waals surface area (Å²) in [5.74, 6) is -3.49. The molecule has 4 aromatic carbocycles.